The number of ether oxygens (including phenoxy) is 2. The molecule has 1 heterocycles. The normalized spacial score (nSPS) is 35.3. The zero-order valence-corrected chi connectivity index (χ0v) is 10.3. The van der Waals surface area contributed by atoms with Gasteiger partial charge in [0.2, 0.25) is 0 Å². The Labute approximate surface area is 110 Å². The lowest BCUT2D eigenvalue weighted by Crippen LogP contribution is -2.59. The van der Waals surface area contributed by atoms with Crippen molar-refractivity contribution in [1.82, 2.24) is 0 Å². The summed E-state index contributed by atoms with van der Waals surface area (Å²) in [6.45, 7) is -0.264. The van der Waals surface area contributed by atoms with Gasteiger partial charge < -0.3 is 29.9 Å². The molecule has 6 nitrogen and oxygen atoms in total. The van der Waals surface area contributed by atoms with Crippen LogP contribution in [0.5, 0.6) is 0 Å². The minimum absolute atomic E-state index is 0.198. The van der Waals surface area contributed by atoms with Crippen molar-refractivity contribution in [3.63, 3.8) is 0 Å². The van der Waals surface area contributed by atoms with Gasteiger partial charge in [0.25, 0.3) is 0 Å². The van der Waals surface area contributed by atoms with Gasteiger partial charge in [-0.25, -0.2) is 0 Å². The Bertz CT molecular complexity index is 382. The van der Waals surface area contributed by atoms with Crippen LogP contribution in [-0.2, 0) is 16.1 Å². The second-order valence-electron chi connectivity index (χ2n) is 4.49. The number of hydrogen-bond donors (Lipinski definition) is 4. The van der Waals surface area contributed by atoms with Crippen molar-refractivity contribution >= 4 is 0 Å². The predicted molar refractivity (Wildman–Crippen MR) is 65.0 cm³/mol. The Balaban J connectivity index is 1.95. The molecule has 5 atom stereocenters. The predicted octanol–water partition coefficient (Wildman–Crippen LogP) is -0.997. The summed E-state index contributed by atoms with van der Waals surface area (Å²) in [4.78, 5) is 0. The fraction of sp³-hybridized carbons (Fsp3) is 0.538. The molecule has 0 amide bonds. The van der Waals surface area contributed by atoms with E-state index in [2.05, 4.69) is 0 Å². The van der Waals surface area contributed by atoms with Crippen molar-refractivity contribution in [3.05, 3.63) is 35.9 Å². The van der Waals surface area contributed by atoms with E-state index in [4.69, 9.17) is 14.6 Å². The van der Waals surface area contributed by atoms with Crippen LogP contribution >= 0.6 is 0 Å². The van der Waals surface area contributed by atoms with Crippen LogP contribution in [0.2, 0.25) is 0 Å². The first-order valence-electron chi connectivity index (χ1n) is 6.09. The van der Waals surface area contributed by atoms with Gasteiger partial charge in [-0.3, -0.25) is 0 Å². The molecule has 19 heavy (non-hydrogen) atoms. The van der Waals surface area contributed by atoms with Crippen molar-refractivity contribution in [2.45, 2.75) is 37.3 Å². The molecular weight excluding hydrogens is 252 g/mol. The molecule has 4 N–H and O–H groups in total. The minimum Gasteiger partial charge on any atom is -0.394 e. The molecule has 1 saturated heterocycles. The van der Waals surface area contributed by atoms with Crippen LogP contribution in [0.25, 0.3) is 0 Å². The zero-order valence-electron chi connectivity index (χ0n) is 10.3. The van der Waals surface area contributed by atoms with Gasteiger partial charge in [0.1, 0.15) is 24.4 Å². The molecule has 0 aromatic heterocycles. The lowest BCUT2D eigenvalue weighted by molar-refractivity contribution is -0.304. The number of benzene rings is 1. The van der Waals surface area contributed by atoms with Gasteiger partial charge in [0.15, 0.2) is 6.29 Å². The molecular formula is C13H18O6. The van der Waals surface area contributed by atoms with Crippen LogP contribution in [0.4, 0.5) is 0 Å². The van der Waals surface area contributed by atoms with Crippen LogP contribution in [0, 0.1) is 0 Å². The minimum atomic E-state index is -1.41. The highest BCUT2D eigenvalue weighted by molar-refractivity contribution is 5.13. The molecule has 106 valence electrons. The van der Waals surface area contributed by atoms with Gasteiger partial charge in [-0.05, 0) is 5.56 Å². The van der Waals surface area contributed by atoms with Crippen molar-refractivity contribution in [2.24, 2.45) is 0 Å². The van der Waals surface area contributed by atoms with Gasteiger partial charge in [-0.2, -0.15) is 0 Å². The van der Waals surface area contributed by atoms with Gasteiger partial charge in [-0.1, -0.05) is 30.3 Å². The molecule has 6 heteroatoms. The standard InChI is InChI=1S/C13H18O6/c14-6-9-10(15)11(16)12(17)13(19-9)18-7-8-4-2-1-3-5-8/h1-5,9-17H,6-7H2/t9-,10-,11-,12+,13+/m1/s1. The SMILES string of the molecule is OC[C@H]1O[C@H](OCc2ccccc2)[C@@H](O)[C@H](O)[C@@H]1O. The summed E-state index contributed by atoms with van der Waals surface area (Å²) in [6.07, 6.45) is -6.17. The first-order valence-corrected chi connectivity index (χ1v) is 6.09. The molecule has 0 saturated carbocycles. The summed E-state index contributed by atoms with van der Waals surface area (Å²) < 4.78 is 10.6. The summed E-state index contributed by atoms with van der Waals surface area (Å²) in [5.41, 5.74) is 0.888. The molecule has 1 aromatic carbocycles. The van der Waals surface area contributed by atoms with Gasteiger partial charge in [0, 0.05) is 0 Å². The van der Waals surface area contributed by atoms with Gasteiger partial charge in [0.05, 0.1) is 13.2 Å². The van der Waals surface area contributed by atoms with E-state index in [0.717, 1.165) is 5.56 Å². The van der Waals surface area contributed by atoms with E-state index in [1.807, 2.05) is 30.3 Å². The highest BCUT2D eigenvalue weighted by atomic mass is 16.7. The van der Waals surface area contributed by atoms with Crippen LogP contribution in [0.3, 0.4) is 0 Å². The van der Waals surface area contributed by atoms with E-state index in [-0.39, 0.29) is 6.61 Å². The molecule has 1 aliphatic heterocycles. The largest absolute Gasteiger partial charge is 0.394 e. The zero-order chi connectivity index (χ0) is 13.8. The average molecular weight is 270 g/mol. The summed E-state index contributed by atoms with van der Waals surface area (Å²) in [5, 5.41) is 38.0. The smallest absolute Gasteiger partial charge is 0.187 e. The van der Waals surface area contributed by atoms with Crippen molar-refractivity contribution in [3.8, 4) is 0 Å². The summed E-state index contributed by atoms with van der Waals surface area (Å²) in [5.74, 6) is 0. The van der Waals surface area contributed by atoms with E-state index in [1.54, 1.807) is 0 Å². The molecule has 0 radical (unpaired) electrons. The fourth-order valence-electron chi connectivity index (χ4n) is 1.96. The lowest BCUT2D eigenvalue weighted by Gasteiger charge is -2.39. The van der Waals surface area contributed by atoms with Crippen molar-refractivity contribution in [1.29, 1.82) is 0 Å². The van der Waals surface area contributed by atoms with Crippen molar-refractivity contribution in [2.75, 3.05) is 6.61 Å². The first-order chi connectivity index (χ1) is 9.13. The Kier molecular flexibility index (Phi) is 4.87. The molecule has 0 aliphatic carbocycles. The van der Waals surface area contributed by atoms with Crippen LogP contribution in [0.15, 0.2) is 30.3 Å². The molecule has 2 rings (SSSR count). The van der Waals surface area contributed by atoms with E-state index in [1.165, 1.54) is 0 Å². The number of rotatable bonds is 4. The van der Waals surface area contributed by atoms with Gasteiger partial charge >= 0.3 is 0 Å². The monoisotopic (exact) mass is 270 g/mol. The van der Waals surface area contributed by atoms with Crippen LogP contribution in [0.1, 0.15) is 5.56 Å². The highest BCUT2D eigenvalue weighted by Gasteiger charge is 2.43. The third-order valence-electron chi connectivity index (χ3n) is 3.11. The molecule has 1 aliphatic rings. The van der Waals surface area contributed by atoms with E-state index >= 15 is 0 Å². The Hall–Kier alpha value is -1.02. The molecule has 0 spiro atoms. The van der Waals surface area contributed by atoms with E-state index in [9.17, 15) is 15.3 Å². The Morgan fingerprint density at radius 3 is 2.32 bits per heavy atom. The number of hydrogen-bond acceptors (Lipinski definition) is 6. The van der Waals surface area contributed by atoms with E-state index in [0.29, 0.717) is 0 Å². The quantitative estimate of drug-likeness (QED) is 0.560. The van der Waals surface area contributed by atoms with Crippen LogP contribution < -0.4 is 0 Å². The first kappa shape index (κ1) is 14.4. The second-order valence-corrected chi connectivity index (χ2v) is 4.49. The number of aliphatic hydroxyl groups is 4. The number of aliphatic hydroxyl groups excluding tert-OH is 4. The average Bonchev–Trinajstić information content (AvgIpc) is 2.45. The fourth-order valence-corrected chi connectivity index (χ4v) is 1.96. The maximum atomic E-state index is 9.76. The lowest BCUT2D eigenvalue weighted by atomic mass is 9.99. The highest BCUT2D eigenvalue weighted by Crippen LogP contribution is 2.22. The summed E-state index contributed by atoms with van der Waals surface area (Å²) in [7, 11) is 0. The third kappa shape index (κ3) is 3.30. The molecule has 0 bridgehead atoms. The second kappa shape index (κ2) is 6.42. The Morgan fingerprint density at radius 2 is 1.68 bits per heavy atom. The van der Waals surface area contributed by atoms with Crippen LogP contribution in [-0.4, -0.2) is 57.7 Å². The summed E-state index contributed by atoms with van der Waals surface area (Å²) in [6, 6.07) is 9.28. The summed E-state index contributed by atoms with van der Waals surface area (Å²) >= 11 is 0. The third-order valence-corrected chi connectivity index (χ3v) is 3.11. The van der Waals surface area contributed by atoms with E-state index < -0.39 is 37.3 Å². The molecule has 1 aromatic rings. The Morgan fingerprint density at radius 1 is 1.00 bits per heavy atom. The van der Waals surface area contributed by atoms with Crippen molar-refractivity contribution < 1.29 is 29.9 Å². The topological polar surface area (TPSA) is 99.4 Å². The maximum Gasteiger partial charge on any atom is 0.187 e. The maximum absolute atomic E-state index is 9.76. The molecule has 0 unspecified atom stereocenters. The molecule has 1 fully saturated rings. The van der Waals surface area contributed by atoms with Gasteiger partial charge in [-0.15, -0.1) is 0 Å².